The molecular weight excluding hydrogens is 202 g/mol. The van der Waals surface area contributed by atoms with Crippen LogP contribution in [0.2, 0.25) is 0 Å². The lowest BCUT2D eigenvalue weighted by Crippen LogP contribution is -1.81. The number of aromatic nitrogens is 4. The van der Waals surface area contributed by atoms with Gasteiger partial charge >= 0.3 is 0 Å². The summed E-state index contributed by atoms with van der Waals surface area (Å²) in [6.45, 7) is 2.00. The van der Waals surface area contributed by atoms with Crippen LogP contribution in [0.1, 0.15) is 5.69 Å². The minimum absolute atomic E-state index is 0.499. The minimum atomic E-state index is 0.499. The van der Waals surface area contributed by atoms with Gasteiger partial charge in [-0.15, -0.1) is 0 Å². The molecule has 0 saturated heterocycles. The third-order valence-corrected chi connectivity index (χ3v) is 2.65. The Morgan fingerprint density at radius 2 is 2.00 bits per heavy atom. The smallest absolute Gasteiger partial charge is 0.145 e. The van der Waals surface area contributed by atoms with Crippen LogP contribution in [0.25, 0.3) is 22.2 Å². The van der Waals surface area contributed by atoms with Crippen molar-refractivity contribution < 1.29 is 0 Å². The van der Waals surface area contributed by atoms with Gasteiger partial charge < -0.3 is 5.73 Å². The fourth-order valence-corrected chi connectivity index (χ4v) is 1.79. The average Bonchev–Trinajstić information content (AvgIpc) is 2.86. The van der Waals surface area contributed by atoms with Gasteiger partial charge in [0.2, 0.25) is 0 Å². The van der Waals surface area contributed by atoms with Crippen LogP contribution in [0.5, 0.6) is 0 Å². The number of hydrogen-bond acceptors (Lipinski definition) is 3. The van der Waals surface area contributed by atoms with E-state index >= 15 is 0 Å². The summed E-state index contributed by atoms with van der Waals surface area (Å²) in [4.78, 5) is 0. The van der Waals surface area contributed by atoms with Crippen LogP contribution in [0.3, 0.4) is 0 Å². The van der Waals surface area contributed by atoms with Gasteiger partial charge in [0.1, 0.15) is 5.82 Å². The first kappa shape index (κ1) is 8.96. The molecule has 0 fully saturated rings. The molecule has 0 unspecified atom stereocenters. The molecule has 16 heavy (non-hydrogen) atoms. The Bertz CT molecular complexity index is 649. The molecule has 0 aliphatic heterocycles. The van der Waals surface area contributed by atoms with E-state index in [2.05, 4.69) is 26.5 Å². The summed E-state index contributed by atoms with van der Waals surface area (Å²) in [6.07, 6.45) is 0. The molecule has 1 aromatic carbocycles. The molecule has 3 rings (SSSR count). The van der Waals surface area contributed by atoms with Crippen LogP contribution in [0.4, 0.5) is 5.82 Å². The van der Waals surface area contributed by atoms with Gasteiger partial charge in [-0.2, -0.15) is 10.2 Å². The first-order valence-electron chi connectivity index (χ1n) is 5.00. The first-order chi connectivity index (χ1) is 7.74. The van der Waals surface area contributed by atoms with Gasteiger partial charge in [-0.1, -0.05) is 6.07 Å². The first-order valence-corrected chi connectivity index (χ1v) is 5.00. The Balaban J connectivity index is 2.21. The number of hydrogen-bond donors (Lipinski definition) is 3. The quantitative estimate of drug-likeness (QED) is 0.576. The number of nitrogens with zero attached hydrogens (tertiary/aromatic N) is 2. The number of H-pyrrole nitrogens is 2. The number of fused-ring (bicyclic) bond motifs is 1. The van der Waals surface area contributed by atoms with E-state index in [0.717, 1.165) is 27.9 Å². The summed E-state index contributed by atoms with van der Waals surface area (Å²) >= 11 is 0. The number of rotatable bonds is 1. The van der Waals surface area contributed by atoms with Crippen LogP contribution < -0.4 is 5.73 Å². The maximum atomic E-state index is 5.58. The number of aromatic amines is 2. The highest BCUT2D eigenvalue weighted by molar-refractivity contribution is 5.86. The van der Waals surface area contributed by atoms with Gasteiger partial charge in [0.15, 0.2) is 0 Å². The molecule has 0 spiro atoms. The van der Waals surface area contributed by atoms with Gasteiger partial charge in [-0.3, -0.25) is 10.2 Å². The van der Waals surface area contributed by atoms with Crippen molar-refractivity contribution in [3.63, 3.8) is 0 Å². The van der Waals surface area contributed by atoms with Crippen molar-refractivity contribution in [2.75, 3.05) is 5.73 Å². The second-order valence-electron chi connectivity index (χ2n) is 3.79. The third kappa shape index (κ3) is 1.25. The molecule has 0 atom stereocenters. The van der Waals surface area contributed by atoms with Crippen molar-refractivity contribution in [3.8, 4) is 11.3 Å². The van der Waals surface area contributed by atoms with E-state index in [1.165, 1.54) is 0 Å². The summed E-state index contributed by atoms with van der Waals surface area (Å²) < 4.78 is 0. The fourth-order valence-electron chi connectivity index (χ4n) is 1.79. The van der Waals surface area contributed by atoms with Gasteiger partial charge in [0, 0.05) is 22.7 Å². The van der Waals surface area contributed by atoms with E-state index in [9.17, 15) is 0 Å². The molecule has 5 heteroatoms. The third-order valence-electron chi connectivity index (χ3n) is 2.65. The largest absolute Gasteiger partial charge is 0.382 e. The number of benzene rings is 1. The van der Waals surface area contributed by atoms with Crippen molar-refractivity contribution in [1.29, 1.82) is 0 Å². The van der Waals surface area contributed by atoms with Crippen molar-refractivity contribution in [1.82, 2.24) is 20.4 Å². The summed E-state index contributed by atoms with van der Waals surface area (Å²) in [6, 6.07) is 7.86. The Morgan fingerprint density at radius 3 is 2.75 bits per heavy atom. The van der Waals surface area contributed by atoms with Crippen molar-refractivity contribution >= 4 is 16.7 Å². The summed E-state index contributed by atoms with van der Waals surface area (Å²) in [5, 5.41) is 15.1. The number of nitrogen functional groups attached to an aromatic ring is 1. The lowest BCUT2D eigenvalue weighted by molar-refractivity contribution is 1.07. The average molecular weight is 213 g/mol. The normalized spacial score (nSPS) is 11.1. The summed E-state index contributed by atoms with van der Waals surface area (Å²) in [5.41, 5.74) is 9.58. The standard InChI is InChI=1S/C11H11N5/c1-6-8-4-7(2-3-9(8)14-13-6)10-5-11(12)16-15-10/h2-5H,1H3,(H,13,14)(H3,12,15,16). The number of nitrogens with two attached hydrogens (primary N) is 1. The van der Waals surface area contributed by atoms with Crippen molar-refractivity contribution in [2.24, 2.45) is 0 Å². The maximum absolute atomic E-state index is 5.58. The second-order valence-corrected chi connectivity index (χ2v) is 3.79. The highest BCUT2D eigenvalue weighted by atomic mass is 15.2. The van der Waals surface area contributed by atoms with E-state index in [1.807, 2.05) is 25.1 Å². The van der Waals surface area contributed by atoms with E-state index in [1.54, 1.807) is 0 Å². The molecule has 5 nitrogen and oxygen atoms in total. The predicted molar refractivity (Wildman–Crippen MR) is 62.8 cm³/mol. The topological polar surface area (TPSA) is 83.4 Å². The molecule has 2 aromatic heterocycles. The molecule has 0 saturated carbocycles. The van der Waals surface area contributed by atoms with Crippen LogP contribution in [0.15, 0.2) is 24.3 Å². The molecule has 0 aliphatic rings. The van der Waals surface area contributed by atoms with E-state index in [4.69, 9.17) is 5.73 Å². The van der Waals surface area contributed by atoms with Crippen LogP contribution in [-0.2, 0) is 0 Å². The molecule has 0 amide bonds. The molecule has 0 radical (unpaired) electrons. The van der Waals surface area contributed by atoms with Gasteiger partial charge in [-0.25, -0.2) is 0 Å². The molecule has 0 bridgehead atoms. The predicted octanol–water partition coefficient (Wildman–Crippen LogP) is 1.84. The molecule has 2 heterocycles. The van der Waals surface area contributed by atoms with E-state index in [-0.39, 0.29) is 0 Å². The highest BCUT2D eigenvalue weighted by Gasteiger charge is 2.05. The highest BCUT2D eigenvalue weighted by Crippen LogP contribution is 2.24. The number of aryl methyl sites for hydroxylation is 1. The SMILES string of the molecule is Cc1[nH]nc2ccc(-c3cc(N)n[nH]3)cc12. The molecule has 3 aromatic rings. The zero-order valence-electron chi connectivity index (χ0n) is 8.78. The summed E-state index contributed by atoms with van der Waals surface area (Å²) in [5.74, 6) is 0.499. The number of anilines is 1. The Labute approximate surface area is 91.7 Å². The molecule has 0 aliphatic carbocycles. The van der Waals surface area contributed by atoms with E-state index < -0.39 is 0 Å². The van der Waals surface area contributed by atoms with Crippen LogP contribution in [0, 0.1) is 6.92 Å². The Kier molecular flexibility index (Phi) is 1.73. The lowest BCUT2D eigenvalue weighted by atomic mass is 10.1. The van der Waals surface area contributed by atoms with Gasteiger partial charge in [0.05, 0.1) is 11.2 Å². The monoisotopic (exact) mass is 213 g/mol. The molecule has 4 N–H and O–H groups in total. The van der Waals surface area contributed by atoms with Crippen LogP contribution in [-0.4, -0.2) is 20.4 Å². The second kappa shape index (κ2) is 3.10. The zero-order chi connectivity index (χ0) is 11.1. The zero-order valence-corrected chi connectivity index (χ0v) is 8.78. The number of nitrogens with one attached hydrogen (secondary N) is 2. The molecule has 80 valence electrons. The molecular formula is C11H11N5. The summed E-state index contributed by atoms with van der Waals surface area (Å²) in [7, 11) is 0. The van der Waals surface area contributed by atoms with Crippen molar-refractivity contribution in [2.45, 2.75) is 6.92 Å². The van der Waals surface area contributed by atoms with Crippen LogP contribution >= 0.6 is 0 Å². The van der Waals surface area contributed by atoms with Gasteiger partial charge in [-0.05, 0) is 19.1 Å². The van der Waals surface area contributed by atoms with Gasteiger partial charge in [0.25, 0.3) is 0 Å². The fraction of sp³-hybridized carbons (Fsp3) is 0.0909. The van der Waals surface area contributed by atoms with Crippen molar-refractivity contribution in [3.05, 3.63) is 30.0 Å². The Hall–Kier alpha value is -2.30. The van der Waals surface area contributed by atoms with E-state index in [0.29, 0.717) is 5.82 Å². The minimum Gasteiger partial charge on any atom is -0.382 e. The maximum Gasteiger partial charge on any atom is 0.145 e. The lowest BCUT2D eigenvalue weighted by Gasteiger charge is -1.97. The Morgan fingerprint density at radius 1 is 1.12 bits per heavy atom.